The number of hydrogen-bond acceptors (Lipinski definition) is 4. The summed E-state index contributed by atoms with van der Waals surface area (Å²) in [6, 6.07) is 4.32. The molecule has 5 nitrogen and oxygen atoms in total. The summed E-state index contributed by atoms with van der Waals surface area (Å²) in [6.07, 6.45) is -3.38. The predicted octanol–water partition coefficient (Wildman–Crippen LogP) is 3.09. The average Bonchev–Trinajstić information content (AvgIpc) is 2.56. The van der Waals surface area contributed by atoms with Crippen LogP contribution in [0.3, 0.4) is 0 Å². The zero-order valence-electron chi connectivity index (χ0n) is 13.3. The highest BCUT2D eigenvalue weighted by atomic mass is 35.5. The van der Waals surface area contributed by atoms with E-state index in [2.05, 4.69) is 6.58 Å². The maximum Gasteiger partial charge on any atom is 0.431 e. The SMILES string of the molecule is C=CCOC(=S)c1cc(-n2c(=O)cc(C(F)(F)F)n(C)c2=O)ccc1Cl. The molecule has 10 heteroatoms. The number of halogens is 4. The van der Waals surface area contributed by atoms with Gasteiger partial charge in [0.2, 0.25) is 0 Å². The summed E-state index contributed by atoms with van der Waals surface area (Å²) in [5, 5.41) is 0.188. The van der Waals surface area contributed by atoms with Gasteiger partial charge in [-0.2, -0.15) is 13.2 Å². The monoisotopic (exact) mass is 404 g/mol. The highest BCUT2D eigenvalue weighted by Crippen LogP contribution is 2.27. The van der Waals surface area contributed by atoms with Crippen LogP contribution in [0.2, 0.25) is 5.02 Å². The fourth-order valence-corrected chi connectivity index (χ4v) is 2.65. The smallest absolute Gasteiger partial charge is 0.431 e. The van der Waals surface area contributed by atoms with Gasteiger partial charge in [-0.25, -0.2) is 9.36 Å². The molecular formula is C16H12ClF3N2O3S. The minimum atomic E-state index is -4.84. The molecule has 26 heavy (non-hydrogen) atoms. The fourth-order valence-electron chi connectivity index (χ4n) is 2.16. The van der Waals surface area contributed by atoms with E-state index in [1.807, 2.05) is 0 Å². The quantitative estimate of drug-likeness (QED) is 0.580. The summed E-state index contributed by atoms with van der Waals surface area (Å²) in [6.45, 7) is 3.59. The third-order valence-electron chi connectivity index (χ3n) is 3.37. The first-order chi connectivity index (χ1) is 12.1. The lowest BCUT2D eigenvalue weighted by molar-refractivity contribution is -0.144. The Balaban J connectivity index is 2.65. The van der Waals surface area contributed by atoms with Gasteiger partial charge in [0.1, 0.15) is 12.3 Å². The van der Waals surface area contributed by atoms with Crippen LogP contribution in [0.15, 0.2) is 46.5 Å². The molecular weight excluding hydrogens is 393 g/mol. The molecule has 0 aliphatic rings. The van der Waals surface area contributed by atoms with Crippen molar-refractivity contribution in [1.82, 2.24) is 9.13 Å². The molecule has 1 aromatic heterocycles. The molecule has 0 amide bonds. The van der Waals surface area contributed by atoms with Crippen molar-refractivity contribution in [1.29, 1.82) is 0 Å². The number of nitrogens with zero attached hydrogens (tertiary/aromatic N) is 2. The van der Waals surface area contributed by atoms with Gasteiger partial charge in [-0.15, -0.1) is 0 Å². The van der Waals surface area contributed by atoms with Gasteiger partial charge in [-0.05, 0) is 30.4 Å². The number of thiocarbonyl (C=S) groups is 1. The van der Waals surface area contributed by atoms with E-state index >= 15 is 0 Å². The Hall–Kier alpha value is -2.39. The molecule has 2 aromatic rings. The molecule has 0 atom stereocenters. The van der Waals surface area contributed by atoms with Crippen molar-refractivity contribution in [3.63, 3.8) is 0 Å². The van der Waals surface area contributed by atoms with Crippen molar-refractivity contribution >= 4 is 28.9 Å². The topological polar surface area (TPSA) is 53.2 Å². The Morgan fingerprint density at radius 3 is 2.58 bits per heavy atom. The third kappa shape index (κ3) is 3.88. The van der Waals surface area contributed by atoms with Crippen LogP contribution < -0.4 is 11.2 Å². The first kappa shape index (κ1) is 19.9. The van der Waals surface area contributed by atoms with Crippen molar-refractivity contribution < 1.29 is 17.9 Å². The summed E-state index contributed by atoms with van der Waals surface area (Å²) < 4.78 is 44.9. The van der Waals surface area contributed by atoms with Crippen LogP contribution >= 0.6 is 23.8 Å². The van der Waals surface area contributed by atoms with E-state index in [-0.39, 0.29) is 27.9 Å². The van der Waals surface area contributed by atoms with Gasteiger partial charge >= 0.3 is 11.9 Å². The Bertz CT molecular complexity index is 996. The second-order valence-electron chi connectivity index (χ2n) is 5.09. The summed E-state index contributed by atoms with van der Waals surface area (Å²) in [5.41, 5.74) is -3.41. The van der Waals surface area contributed by atoms with Gasteiger partial charge in [0.25, 0.3) is 5.56 Å². The second-order valence-corrected chi connectivity index (χ2v) is 5.87. The first-order valence-electron chi connectivity index (χ1n) is 7.06. The zero-order valence-corrected chi connectivity index (χ0v) is 14.9. The Morgan fingerprint density at radius 2 is 2.00 bits per heavy atom. The molecule has 2 rings (SSSR count). The molecule has 0 saturated carbocycles. The second kappa shape index (κ2) is 7.46. The van der Waals surface area contributed by atoms with Crippen LogP contribution in [0.25, 0.3) is 5.69 Å². The van der Waals surface area contributed by atoms with Crippen molar-refractivity contribution in [3.8, 4) is 5.69 Å². The minimum Gasteiger partial charge on any atom is -0.479 e. The van der Waals surface area contributed by atoms with Gasteiger partial charge < -0.3 is 4.74 Å². The number of benzene rings is 1. The Morgan fingerprint density at radius 1 is 1.35 bits per heavy atom. The number of alkyl halides is 3. The standard InChI is InChI=1S/C16H12ClF3N2O3S/c1-3-6-25-14(26)10-7-9(4-5-11(10)17)22-13(23)8-12(16(18,19)20)21(2)15(22)24/h3-5,7-8H,1,6H2,2H3. The van der Waals surface area contributed by atoms with Gasteiger partial charge in [-0.1, -0.05) is 24.3 Å². The number of ether oxygens (including phenoxy) is 1. The molecule has 0 fully saturated rings. The van der Waals surface area contributed by atoms with Gasteiger partial charge in [0.15, 0.2) is 5.05 Å². The third-order valence-corrected chi connectivity index (χ3v) is 4.04. The predicted molar refractivity (Wildman–Crippen MR) is 95.1 cm³/mol. The molecule has 1 aromatic carbocycles. The van der Waals surface area contributed by atoms with Crippen LogP contribution in [0.1, 0.15) is 11.3 Å². The highest BCUT2D eigenvalue weighted by molar-refractivity contribution is 7.80. The molecule has 0 bridgehead atoms. The van der Waals surface area contributed by atoms with E-state index < -0.39 is 23.1 Å². The van der Waals surface area contributed by atoms with E-state index in [0.29, 0.717) is 15.2 Å². The molecule has 0 aliphatic carbocycles. The molecule has 0 radical (unpaired) electrons. The molecule has 0 saturated heterocycles. The van der Waals surface area contributed by atoms with Crippen LogP contribution in [0.5, 0.6) is 0 Å². The van der Waals surface area contributed by atoms with E-state index in [1.165, 1.54) is 24.3 Å². The summed E-state index contributed by atoms with van der Waals surface area (Å²) in [4.78, 5) is 24.4. The van der Waals surface area contributed by atoms with Crippen molar-refractivity contribution in [2.24, 2.45) is 7.05 Å². The van der Waals surface area contributed by atoms with E-state index in [1.54, 1.807) is 0 Å². The van der Waals surface area contributed by atoms with Crippen molar-refractivity contribution in [3.05, 3.63) is 74.0 Å². The first-order valence-corrected chi connectivity index (χ1v) is 7.84. The number of hydrogen-bond donors (Lipinski definition) is 0. The van der Waals surface area contributed by atoms with Crippen LogP contribution in [-0.4, -0.2) is 20.8 Å². The van der Waals surface area contributed by atoms with E-state index in [4.69, 9.17) is 28.6 Å². The van der Waals surface area contributed by atoms with E-state index in [9.17, 15) is 22.8 Å². The van der Waals surface area contributed by atoms with Gasteiger partial charge in [0.05, 0.1) is 10.7 Å². The minimum absolute atomic E-state index is 0.00599. The molecule has 0 unspecified atom stereocenters. The van der Waals surface area contributed by atoms with Gasteiger partial charge in [-0.3, -0.25) is 9.36 Å². The zero-order chi connectivity index (χ0) is 19.6. The molecule has 1 heterocycles. The lowest BCUT2D eigenvalue weighted by Crippen LogP contribution is -2.40. The van der Waals surface area contributed by atoms with Crippen LogP contribution in [0, 0.1) is 0 Å². The number of aromatic nitrogens is 2. The average molecular weight is 405 g/mol. The Labute approximate surface area is 155 Å². The maximum atomic E-state index is 12.9. The number of rotatable bonds is 4. The summed E-state index contributed by atoms with van der Waals surface area (Å²) in [7, 11) is 0.926. The van der Waals surface area contributed by atoms with E-state index in [0.717, 1.165) is 7.05 Å². The summed E-state index contributed by atoms with van der Waals surface area (Å²) in [5.74, 6) is 0. The van der Waals surface area contributed by atoms with Gasteiger partial charge in [0, 0.05) is 18.7 Å². The molecule has 0 aliphatic heterocycles. The molecule has 0 spiro atoms. The van der Waals surface area contributed by atoms with Crippen LogP contribution in [-0.2, 0) is 18.0 Å². The largest absolute Gasteiger partial charge is 0.479 e. The van der Waals surface area contributed by atoms with Crippen molar-refractivity contribution in [2.45, 2.75) is 6.18 Å². The maximum absolute atomic E-state index is 12.9. The normalized spacial score (nSPS) is 11.3. The molecule has 0 N–H and O–H groups in total. The lowest BCUT2D eigenvalue weighted by Gasteiger charge is -2.15. The Kier molecular flexibility index (Phi) is 5.72. The lowest BCUT2D eigenvalue weighted by atomic mass is 10.2. The summed E-state index contributed by atoms with van der Waals surface area (Å²) >= 11 is 11.1. The van der Waals surface area contributed by atoms with Crippen molar-refractivity contribution in [2.75, 3.05) is 6.61 Å². The highest BCUT2D eigenvalue weighted by Gasteiger charge is 2.35. The molecule has 138 valence electrons. The van der Waals surface area contributed by atoms with Crippen LogP contribution in [0.4, 0.5) is 13.2 Å². The fraction of sp³-hybridized carbons (Fsp3) is 0.188.